The van der Waals surface area contributed by atoms with Crippen molar-refractivity contribution in [3.05, 3.63) is 58.2 Å². The Hall–Kier alpha value is -2.59. The van der Waals surface area contributed by atoms with Crippen molar-refractivity contribution in [2.75, 3.05) is 27.2 Å². The van der Waals surface area contributed by atoms with Crippen molar-refractivity contribution in [2.45, 2.75) is 82.6 Å². The number of benzene rings is 1. The van der Waals surface area contributed by atoms with Crippen molar-refractivity contribution in [3.8, 4) is 0 Å². The summed E-state index contributed by atoms with van der Waals surface area (Å²) in [5.41, 5.74) is 3.84. The van der Waals surface area contributed by atoms with Crippen LogP contribution in [0.3, 0.4) is 0 Å². The minimum absolute atomic E-state index is 0.00174. The van der Waals surface area contributed by atoms with E-state index in [0.29, 0.717) is 50.6 Å². The summed E-state index contributed by atoms with van der Waals surface area (Å²) in [6, 6.07) is 7.23. The minimum atomic E-state index is -5.79. The fourth-order valence-corrected chi connectivity index (χ4v) is 7.92. The van der Waals surface area contributed by atoms with E-state index in [4.69, 9.17) is 0 Å². The summed E-state index contributed by atoms with van der Waals surface area (Å²) >= 11 is 0. The molecule has 0 radical (unpaired) electrons. The second-order valence-corrected chi connectivity index (χ2v) is 12.8. The number of halogens is 5. The van der Waals surface area contributed by atoms with Crippen LogP contribution in [-0.4, -0.2) is 62.2 Å². The Morgan fingerprint density at radius 3 is 2.43 bits per heavy atom. The molecule has 4 aliphatic carbocycles. The van der Waals surface area contributed by atoms with Crippen LogP contribution in [0.2, 0.25) is 0 Å². The zero-order chi connectivity index (χ0) is 30.4. The lowest BCUT2D eigenvalue weighted by Crippen LogP contribution is -2.50. The Morgan fingerprint density at radius 2 is 1.76 bits per heavy atom. The highest BCUT2D eigenvalue weighted by Gasteiger charge is 2.65. The number of nitrogens with zero attached hydrogens (tertiary/aromatic N) is 1. The molecule has 4 aliphatic rings. The predicted octanol–water partition coefficient (Wildman–Crippen LogP) is 6.81. The fraction of sp³-hybridized carbons (Fsp3) is 0.625. The number of ketones is 1. The zero-order valence-corrected chi connectivity index (χ0v) is 24.3. The molecule has 0 saturated heterocycles. The average Bonchev–Trinajstić information content (AvgIpc) is 3.24. The smallest absolute Gasteiger partial charge is 0.352 e. The first kappa shape index (κ1) is 30.9. The van der Waals surface area contributed by atoms with Crippen LogP contribution in [0, 0.1) is 17.3 Å². The van der Waals surface area contributed by atoms with Gasteiger partial charge in [-0.3, -0.25) is 9.59 Å². The average molecular weight is 595 g/mol. The zero-order valence-electron chi connectivity index (χ0n) is 24.3. The number of carbonyl (C=O) groups excluding carboxylic acids is 2. The summed E-state index contributed by atoms with van der Waals surface area (Å²) < 4.78 is 72.4. The van der Waals surface area contributed by atoms with Crippen LogP contribution in [0.5, 0.6) is 0 Å². The Labute approximate surface area is 243 Å². The molecule has 0 heterocycles. The third kappa shape index (κ3) is 5.81. The van der Waals surface area contributed by atoms with Gasteiger partial charge in [-0.1, -0.05) is 24.6 Å². The van der Waals surface area contributed by atoms with Crippen LogP contribution in [0.4, 0.5) is 22.0 Å². The lowest BCUT2D eigenvalue weighted by atomic mass is 9.53. The summed E-state index contributed by atoms with van der Waals surface area (Å²) in [5, 5.41) is 2.92. The predicted molar refractivity (Wildman–Crippen MR) is 148 cm³/mol. The van der Waals surface area contributed by atoms with Gasteiger partial charge in [-0.15, -0.1) is 0 Å². The van der Waals surface area contributed by atoms with E-state index in [1.54, 1.807) is 18.2 Å². The SMILES string of the molecule is CN(C)CCCNC(=O)c1ccc(C2CC3(C)C(OC(F)(F)C(F)(F)F)CCC3C3CCC4=CC(=O)CCC4=C23)cc1. The third-order valence-electron chi connectivity index (χ3n) is 9.91. The Bertz CT molecular complexity index is 1270. The summed E-state index contributed by atoms with van der Waals surface area (Å²) in [6.07, 6.45) is -6.32. The highest BCUT2D eigenvalue weighted by molar-refractivity contribution is 5.94. The normalized spacial score (nSPS) is 29.6. The molecule has 1 aromatic carbocycles. The number of carbonyl (C=O) groups is 2. The summed E-state index contributed by atoms with van der Waals surface area (Å²) in [7, 11) is 3.93. The molecule has 1 N–H and O–H groups in total. The number of alkyl halides is 5. The molecule has 0 bridgehead atoms. The molecule has 10 heteroatoms. The molecular weight excluding hydrogens is 555 g/mol. The van der Waals surface area contributed by atoms with Crippen molar-refractivity contribution in [3.63, 3.8) is 0 Å². The van der Waals surface area contributed by atoms with Gasteiger partial charge >= 0.3 is 12.3 Å². The van der Waals surface area contributed by atoms with Crippen LogP contribution in [0.15, 0.2) is 47.1 Å². The Kier molecular flexibility index (Phi) is 8.44. The van der Waals surface area contributed by atoms with E-state index in [9.17, 15) is 31.5 Å². The van der Waals surface area contributed by atoms with E-state index in [-0.39, 0.29) is 35.9 Å². The van der Waals surface area contributed by atoms with Crippen LogP contribution >= 0.6 is 0 Å². The highest BCUT2D eigenvalue weighted by atomic mass is 19.4. The summed E-state index contributed by atoms with van der Waals surface area (Å²) in [5.74, 6) is -0.444. The van der Waals surface area contributed by atoms with E-state index in [2.05, 4.69) is 10.1 Å². The third-order valence-corrected chi connectivity index (χ3v) is 9.91. The Balaban J connectivity index is 1.47. The number of ether oxygens (including phenoxy) is 1. The molecule has 230 valence electrons. The largest absolute Gasteiger partial charge is 0.482 e. The first-order chi connectivity index (χ1) is 19.7. The van der Waals surface area contributed by atoms with E-state index in [1.807, 2.05) is 38.1 Å². The molecule has 2 saturated carbocycles. The standard InChI is InChI=1S/C32H39F5N2O3/c1-30-18-25(19-5-7-20(8-6-19)29(41)38-15-4-16-39(2)3)28-23-12-10-22(40)17-21(23)9-11-24(28)26(30)13-14-27(30)42-32(36,37)31(33,34)35/h5-8,17,24-27H,4,9-16,18H2,1-3H3,(H,38,41). The first-order valence-corrected chi connectivity index (χ1v) is 14.8. The maximum absolute atomic E-state index is 14.2. The van der Waals surface area contributed by atoms with E-state index < -0.39 is 23.8 Å². The second-order valence-electron chi connectivity index (χ2n) is 12.8. The topological polar surface area (TPSA) is 58.6 Å². The van der Waals surface area contributed by atoms with Gasteiger partial charge in [0.2, 0.25) is 0 Å². The monoisotopic (exact) mass is 594 g/mol. The number of fused-ring (bicyclic) bond motifs is 4. The van der Waals surface area contributed by atoms with Crippen LogP contribution in [-0.2, 0) is 9.53 Å². The van der Waals surface area contributed by atoms with Gasteiger partial charge in [0.15, 0.2) is 5.78 Å². The lowest BCUT2D eigenvalue weighted by Gasteiger charge is -2.52. The highest BCUT2D eigenvalue weighted by Crippen LogP contribution is 2.65. The fourth-order valence-electron chi connectivity index (χ4n) is 7.92. The molecule has 5 atom stereocenters. The number of hydrogen-bond donors (Lipinski definition) is 1. The molecular formula is C32H39F5N2O3. The van der Waals surface area contributed by atoms with Crippen molar-refractivity contribution in [1.29, 1.82) is 0 Å². The molecule has 1 amide bonds. The van der Waals surface area contributed by atoms with Crippen LogP contribution in [0.25, 0.3) is 0 Å². The van der Waals surface area contributed by atoms with Crippen LogP contribution < -0.4 is 5.32 Å². The van der Waals surface area contributed by atoms with Gasteiger partial charge < -0.3 is 15.0 Å². The minimum Gasteiger partial charge on any atom is -0.352 e. The molecule has 5 rings (SSSR count). The molecule has 2 fully saturated rings. The quantitative estimate of drug-likeness (QED) is 0.266. The molecule has 5 unspecified atom stereocenters. The van der Waals surface area contributed by atoms with Crippen molar-refractivity contribution in [1.82, 2.24) is 10.2 Å². The molecule has 42 heavy (non-hydrogen) atoms. The number of rotatable bonds is 8. The molecule has 1 aromatic rings. The van der Waals surface area contributed by atoms with Crippen molar-refractivity contribution >= 4 is 11.7 Å². The number of hydrogen-bond acceptors (Lipinski definition) is 4. The molecule has 0 aliphatic heterocycles. The number of nitrogens with one attached hydrogen (secondary N) is 1. The molecule has 0 spiro atoms. The van der Waals surface area contributed by atoms with Gasteiger partial charge in [0, 0.05) is 24.4 Å². The summed E-state index contributed by atoms with van der Waals surface area (Å²) in [6.45, 7) is 3.19. The van der Waals surface area contributed by atoms with Gasteiger partial charge in [-0.05, 0) is 118 Å². The van der Waals surface area contributed by atoms with E-state index in [0.717, 1.165) is 29.7 Å². The van der Waals surface area contributed by atoms with Crippen molar-refractivity contribution < 1.29 is 36.3 Å². The second kappa shape index (κ2) is 11.5. The van der Waals surface area contributed by atoms with Gasteiger partial charge in [-0.25, -0.2) is 0 Å². The van der Waals surface area contributed by atoms with E-state index in [1.165, 1.54) is 5.57 Å². The van der Waals surface area contributed by atoms with Gasteiger partial charge in [0.25, 0.3) is 5.91 Å². The van der Waals surface area contributed by atoms with Gasteiger partial charge in [-0.2, -0.15) is 22.0 Å². The summed E-state index contributed by atoms with van der Waals surface area (Å²) in [4.78, 5) is 27.0. The van der Waals surface area contributed by atoms with E-state index >= 15 is 0 Å². The van der Waals surface area contributed by atoms with Crippen LogP contribution in [0.1, 0.15) is 80.1 Å². The number of amides is 1. The lowest BCUT2D eigenvalue weighted by molar-refractivity contribution is -0.408. The first-order valence-electron chi connectivity index (χ1n) is 14.8. The molecule has 0 aromatic heterocycles. The maximum Gasteiger partial charge on any atom is 0.482 e. The number of allylic oxidation sites excluding steroid dienone is 4. The maximum atomic E-state index is 14.2. The van der Waals surface area contributed by atoms with Crippen molar-refractivity contribution in [2.24, 2.45) is 17.3 Å². The van der Waals surface area contributed by atoms with Gasteiger partial charge in [0.05, 0.1) is 6.10 Å². The van der Waals surface area contributed by atoms with Gasteiger partial charge in [0.1, 0.15) is 0 Å². The Morgan fingerprint density at radius 1 is 1.05 bits per heavy atom. The molecule has 5 nitrogen and oxygen atoms in total.